The van der Waals surface area contributed by atoms with E-state index in [9.17, 15) is 0 Å². The van der Waals surface area contributed by atoms with Crippen LogP contribution in [0.5, 0.6) is 0 Å². The summed E-state index contributed by atoms with van der Waals surface area (Å²) in [6, 6.07) is 3.73. The Morgan fingerprint density at radius 2 is 1.50 bits per heavy atom. The average Bonchev–Trinajstić information content (AvgIpc) is 2.77. The minimum atomic E-state index is -0.812. The average molecular weight is 201 g/mol. The summed E-state index contributed by atoms with van der Waals surface area (Å²) in [5.74, 6) is 0. The first-order valence-corrected chi connectivity index (χ1v) is 5.63. The molecular formula is C8H6ClO2P. The molecule has 2 heterocycles. The van der Waals surface area contributed by atoms with Crippen LogP contribution in [0.15, 0.2) is 46.0 Å². The number of hydrogen-bond acceptors (Lipinski definition) is 2. The molecule has 0 aliphatic carbocycles. The van der Waals surface area contributed by atoms with E-state index in [0.717, 1.165) is 10.6 Å². The van der Waals surface area contributed by atoms with Crippen molar-refractivity contribution in [2.24, 2.45) is 0 Å². The van der Waals surface area contributed by atoms with Crippen LogP contribution in [0, 0.1) is 0 Å². The summed E-state index contributed by atoms with van der Waals surface area (Å²) in [7, 11) is -0.812. The van der Waals surface area contributed by atoms with Crippen LogP contribution in [0.1, 0.15) is 0 Å². The van der Waals surface area contributed by atoms with Crippen LogP contribution in [-0.4, -0.2) is 0 Å². The minimum Gasteiger partial charge on any atom is -0.472 e. The molecule has 0 amide bonds. The Balaban J connectivity index is 2.27. The number of hydrogen-bond donors (Lipinski definition) is 0. The Labute approximate surface area is 75.7 Å². The molecule has 0 aliphatic heterocycles. The third-order valence-corrected chi connectivity index (χ3v) is 4.05. The highest BCUT2D eigenvalue weighted by atomic mass is 35.7. The zero-order chi connectivity index (χ0) is 8.39. The zero-order valence-corrected chi connectivity index (χ0v) is 7.76. The van der Waals surface area contributed by atoms with E-state index in [1.807, 2.05) is 12.1 Å². The summed E-state index contributed by atoms with van der Waals surface area (Å²) in [6.45, 7) is 0. The van der Waals surface area contributed by atoms with E-state index in [-0.39, 0.29) is 0 Å². The van der Waals surface area contributed by atoms with Crippen LogP contribution in [0.25, 0.3) is 0 Å². The fraction of sp³-hybridized carbons (Fsp3) is 0. The second kappa shape index (κ2) is 3.34. The molecule has 4 heteroatoms. The quantitative estimate of drug-likeness (QED) is 0.696. The van der Waals surface area contributed by atoms with Gasteiger partial charge in [0.25, 0.3) is 0 Å². The number of halogens is 1. The second-order valence-electron chi connectivity index (χ2n) is 2.24. The van der Waals surface area contributed by atoms with E-state index in [0.29, 0.717) is 0 Å². The van der Waals surface area contributed by atoms with E-state index in [2.05, 4.69) is 0 Å². The lowest BCUT2D eigenvalue weighted by atomic mass is 10.7. The van der Waals surface area contributed by atoms with Crippen LogP contribution in [-0.2, 0) is 0 Å². The van der Waals surface area contributed by atoms with Gasteiger partial charge < -0.3 is 8.83 Å². The largest absolute Gasteiger partial charge is 0.472 e. The second-order valence-corrected chi connectivity index (χ2v) is 4.85. The Kier molecular flexibility index (Phi) is 2.20. The van der Waals surface area contributed by atoms with Gasteiger partial charge in [-0.2, -0.15) is 0 Å². The van der Waals surface area contributed by atoms with E-state index in [4.69, 9.17) is 20.1 Å². The van der Waals surface area contributed by atoms with Crippen LogP contribution >= 0.6 is 18.5 Å². The van der Waals surface area contributed by atoms with E-state index >= 15 is 0 Å². The summed E-state index contributed by atoms with van der Waals surface area (Å²) < 4.78 is 9.87. The van der Waals surface area contributed by atoms with E-state index < -0.39 is 7.27 Å². The van der Waals surface area contributed by atoms with Crippen molar-refractivity contribution in [1.82, 2.24) is 0 Å². The Morgan fingerprint density at radius 3 is 1.83 bits per heavy atom. The highest BCUT2D eigenvalue weighted by Crippen LogP contribution is 2.38. The molecule has 0 spiro atoms. The van der Waals surface area contributed by atoms with Gasteiger partial charge in [0, 0.05) is 10.6 Å². The van der Waals surface area contributed by atoms with Gasteiger partial charge in [0.15, 0.2) is 0 Å². The maximum absolute atomic E-state index is 6.16. The van der Waals surface area contributed by atoms with Gasteiger partial charge in [0.05, 0.1) is 32.3 Å². The van der Waals surface area contributed by atoms with Gasteiger partial charge in [-0.3, -0.25) is 0 Å². The maximum atomic E-state index is 6.16. The highest BCUT2D eigenvalue weighted by Gasteiger charge is 2.12. The molecule has 2 aromatic rings. The van der Waals surface area contributed by atoms with Crippen LogP contribution in [0.3, 0.4) is 0 Å². The molecule has 0 unspecified atom stereocenters. The van der Waals surface area contributed by atoms with E-state index in [1.165, 1.54) is 0 Å². The van der Waals surface area contributed by atoms with Gasteiger partial charge in [-0.15, -0.1) is 0 Å². The Morgan fingerprint density at radius 1 is 1.00 bits per heavy atom. The van der Waals surface area contributed by atoms with Gasteiger partial charge >= 0.3 is 0 Å². The summed E-state index contributed by atoms with van der Waals surface area (Å²) in [4.78, 5) is 0. The van der Waals surface area contributed by atoms with Crippen molar-refractivity contribution in [1.29, 1.82) is 0 Å². The molecule has 2 rings (SSSR count). The molecule has 0 saturated heterocycles. The predicted octanol–water partition coefficient (Wildman–Crippen LogP) is 2.46. The maximum Gasteiger partial charge on any atom is 0.0994 e. The van der Waals surface area contributed by atoms with Gasteiger partial charge in [-0.1, -0.05) is 11.2 Å². The van der Waals surface area contributed by atoms with Crippen molar-refractivity contribution in [3.05, 3.63) is 37.2 Å². The van der Waals surface area contributed by atoms with Crippen molar-refractivity contribution in [2.45, 2.75) is 0 Å². The van der Waals surface area contributed by atoms with Gasteiger partial charge in [0.2, 0.25) is 0 Å². The number of rotatable bonds is 2. The molecule has 62 valence electrons. The lowest BCUT2D eigenvalue weighted by Gasteiger charge is -2.01. The van der Waals surface area contributed by atoms with Crippen molar-refractivity contribution in [2.75, 3.05) is 0 Å². The van der Waals surface area contributed by atoms with E-state index in [1.54, 1.807) is 25.1 Å². The smallest absolute Gasteiger partial charge is 0.0994 e. The molecule has 0 fully saturated rings. The third-order valence-electron chi connectivity index (χ3n) is 1.47. The monoisotopic (exact) mass is 200 g/mol. The Hall–Kier alpha value is -0.720. The predicted molar refractivity (Wildman–Crippen MR) is 49.5 cm³/mol. The molecule has 2 aromatic heterocycles. The molecule has 2 nitrogen and oxygen atoms in total. The van der Waals surface area contributed by atoms with Crippen molar-refractivity contribution in [3.63, 3.8) is 0 Å². The van der Waals surface area contributed by atoms with Crippen molar-refractivity contribution < 1.29 is 8.83 Å². The lowest BCUT2D eigenvalue weighted by Crippen LogP contribution is -2.02. The fourth-order valence-corrected chi connectivity index (χ4v) is 2.45. The summed E-state index contributed by atoms with van der Waals surface area (Å²) in [6.07, 6.45) is 6.55. The molecule has 0 aliphatic rings. The molecule has 0 radical (unpaired) electrons. The SMILES string of the molecule is ClP(c1ccoc1)c1ccoc1. The first-order valence-electron chi connectivity index (χ1n) is 3.38. The highest BCUT2D eigenvalue weighted by molar-refractivity contribution is 7.95. The van der Waals surface area contributed by atoms with Crippen molar-refractivity contribution in [3.8, 4) is 0 Å². The topological polar surface area (TPSA) is 26.3 Å². The third kappa shape index (κ3) is 1.40. The fourth-order valence-electron chi connectivity index (χ4n) is 0.887. The standard InChI is InChI=1S/C8H6ClO2P/c9-12(7-1-3-10-5-7)8-2-4-11-6-8/h1-6H. The first kappa shape index (κ1) is 7.90. The molecule has 0 saturated carbocycles. The Bertz CT molecular complexity index is 294. The summed E-state index contributed by atoms with van der Waals surface area (Å²) in [5.41, 5.74) is 0. The molecule has 0 bridgehead atoms. The van der Waals surface area contributed by atoms with Gasteiger partial charge in [-0.25, -0.2) is 0 Å². The van der Waals surface area contributed by atoms with Crippen LogP contribution in [0.4, 0.5) is 0 Å². The minimum absolute atomic E-state index is 0.812. The molecule has 12 heavy (non-hydrogen) atoms. The van der Waals surface area contributed by atoms with Crippen LogP contribution in [0.2, 0.25) is 0 Å². The summed E-state index contributed by atoms with van der Waals surface area (Å²) >= 11 is 6.16. The zero-order valence-electron chi connectivity index (χ0n) is 6.11. The summed E-state index contributed by atoms with van der Waals surface area (Å²) in [5, 5.41) is 2.01. The lowest BCUT2D eigenvalue weighted by molar-refractivity contribution is 0.569. The van der Waals surface area contributed by atoms with Gasteiger partial charge in [-0.05, 0) is 12.1 Å². The van der Waals surface area contributed by atoms with Crippen LogP contribution < -0.4 is 10.6 Å². The molecule has 0 atom stereocenters. The van der Waals surface area contributed by atoms with Crippen molar-refractivity contribution >= 4 is 29.1 Å². The molecule has 0 aromatic carbocycles. The normalized spacial score (nSPS) is 10.8. The first-order chi connectivity index (χ1) is 5.88. The van der Waals surface area contributed by atoms with Gasteiger partial charge in [0.1, 0.15) is 0 Å². The molecule has 0 N–H and O–H groups in total. The number of furan rings is 2. The molecular weight excluding hydrogens is 195 g/mol.